The van der Waals surface area contributed by atoms with E-state index in [9.17, 15) is 9.90 Å². The Hall–Kier alpha value is -0.810. The van der Waals surface area contributed by atoms with Gasteiger partial charge < -0.3 is 20.5 Å². The summed E-state index contributed by atoms with van der Waals surface area (Å²) >= 11 is 0. The highest BCUT2D eigenvalue weighted by Gasteiger charge is 2.42. The predicted molar refractivity (Wildman–Crippen MR) is 77.6 cm³/mol. The highest BCUT2D eigenvalue weighted by Crippen LogP contribution is 2.39. The third-order valence-electron chi connectivity index (χ3n) is 4.78. The minimum atomic E-state index is -0.489. The second-order valence-electron chi connectivity index (χ2n) is 6.47. The van der Waals surface area contributed by atoms with E-state index in [1.165, 1.54) is 6.42 Å². The van der Waals surface area contributed by atoms with Gasteiger partial charge in [-0.1, -0.05) is 19.3 Å². The zero-order valence-electron chi connectivity index (χ0n) is 12.7. The SMILES string of the molecule is CO[C@@H]1CCCCC[C@H]1NC(=O)N[C@](C)(CO)C1CC1. The third-order valence-corrected chi connectivity index (χ3v) is 4.78. The number of hydrogen-bond donors (Lipinski definition) is 3. The molecule has 2 aliphatic carbocycles. The average Bonchev–Trinajstić information content (AvgIpc) is 3.26. The van der Waals surface area contributed by atoms with E-state index >= 15 is 0 Å². The van der Waals surface area contributed by atoms with Crippen LogP contribution in [0, 0.1) is 5.92 Å². The lowest BCUT2D eigenvalue weighted by Gasteiger charge is -2.31. The van der Waals surface area contributed by atoms with Gasteiger partial charge in [-0.05, 0) is 38.5 Å². The zero-order chi connectivity index (χ0) is 14.6. The summed E-state index contributed by atoms with van der Waals surface area (Å²) in [6.07, 6.45) is 7.73. The maximum atomic E-state index is 12.2. The van der Waals surface area contributed by atoms with E-state index < -0.39 is 5.54 Å². The van der Waals surface area contributed by atoms with Crippen molar-refractivity contribution >= 4 is 6.03 Å². The van der Waals surface area contributed by atoms with Gasteiger partial charge in [0.2, 0.25) is 0 Å². The second kappa shape index (κ2) is 6.76. The fourth-order valence-corrected chi connectivity index (χ4v) is 3.18. The number of hydrogen-bond acceptors (Lipinski definition) is 3. The number of urea groups is 1. The Labute approximate surface area is 121 Å². The summed E-state index contributed by atoms with van der Waals surface area (Å²) in [5, 5.41) is 15.5. The Bertz CT molecular complexity index is 333. The van der Waals surface area contributed by atoms with Gasteiger partial charge in [-0.2, -0.15) is 0 Å². The van der Waals surface area contributed by atoms with Crippen LogP contribution in [-0.4, -0.2) is 42.5 Å². The molecule has 0 aromatic rings. The van der Waals surface area contributed by atoms with Crippen LogP contribution in [0.1, 0.15) is 51.9 Å². The Balaban J connectivity index is 1.88. The van der Waals surface area contributed by atoms with Crippen LogP contribution in [0.15, 0.2) is 0 Å². The number of carbonyl (C=O) groups is 1. The molecule has 2 saturated carbocycles. The van der Waals surface area contributed by atoms with Crippen LogP contribution in [-0.2, 0) is 4.74 Å². The van der Waals surface area contributed by atoms with E-state index in [0.29, 0.717) is 5.92 Å². The maximum Gasteiger partial charge on any atom is 0.315 e. The van der Waals surface area contributed by atoms with Crippen LogP contribution in [0.2, 0.25) is 0 Å². The summed E-state index contributed by atoms with van der Waals surface area (Å²) in [6.45, 7) is 1.91. The molecular formula is C15H28N2O3. The number of rotatable bonds is 5. The van der Waals surface area contributed by atoms with Gasteiger partial charge in [0, 0.05) is 7.11 Å². The molecule has 0 radical (unpaired) electrons. The lowest BCUT2D eigenvalue weighted by atomic mass is 9.97. The van der Waals surface area contributed by atoms with E-state index in [1.807, 2.05) is 6.92 Å². The van der Waals surface area contributed by atoms with Crippen LogP contribution in [0.3, 0.4) is 0 Å². The van der Waals surface area contributed by atoms with Crippen molar-refractivity contribution in [1.82, 2.24) is 10.6 Å². The van der Waals surface area contributed by atoms with Crippen molar-refractivity contribution in [2.24, 2.45) is 5.92 Å². The van der Waals surface area contributed by atoms with Crippen molar-refractivity contribution in [3.05, 3.63) is 0 Å². The molecule has 3 atom stereocenters. The van der Waals surface area contributed by atoms with Crippen LogP contribution < -0.4 is 10.6 Å². The second-order valence-corrected chi connectivity index (χ2v) is 6.47. The van der Waals surface area contributed by atoms with Crippen LogP contribution >= 0.6 is 0 Å². The van der Waals surface area contributed by atoms with Crippen LogP contribution in [0.4, 0.5) is 4.79 Å². The molecule has 116 valence electrons. The van der Waals surface area contributed by atoms with Crippen molar-refractivity contribution in [3.8, 4) is 0 Å². The first-order chi connectivity index (χ1) is 9.59. The first-order valence-electron chi connectivity index (χ1n) is 7.81. The molecule has 0 aromatic carbocycles. The summed E-state index contributed by atoms with van der Waals surface area (Å²) in [6, 6.07) is -0.105. The summed E-state index contributed by atoms with van der Waals surface area (Å²) in [4.78, 5) is 12.2. The van der Waals surface area contributed by atoms with Crippen molar-refractivity contribution < 1.29 is 14.6 Å². The number of methoxy groups -OCH3 is 1. The molecule has 0 bridgehead atoms. The molecule has 2 amide bonds. The monoisotopic (exact) mass is 284 g/mol. The molecule has 5 nitrogen and oxygen atoms in total. The fraction of sp³-hybridized carbons (Fsp3) is 0.933. The van der Waals surface area contributed by atoms with Crippen molar-refractivity contribution in [3.63, 3.8) is 0 Å². The molecule has 2 aliphatic rings. The van der Waals surface area contributed by atoms with Gasteiger partial charge >= 0.3 is 6.03 Å². The third kappa shape index (κ3) is 3.85. The topological polar surface area (TPSA) is 70.6 Å². The van der Waals surface area contributed by atoms with Gasteiger partial charge in [-0.15, -0.1) is 0 Å². The summed E-state index contributed by atoms with van der Waals surface area (Å²) < 4.78 is 5.51. The molecule has 2 rings (SSSR count). The summed E-state index contributed by atoms with van der Waals surface area (Å²) in [7, 11) is 1.71. The molecule has 0 aliphatic heterocycles. The first-order valence-corrected chi connectivity index (χ1v) is 7.81. The van der Waals surface area contributed by atoms with E-state index in [4.69, 9.17) is 4.74 Å². The molecule has 0 spiro atoms. The van der Waals surface area contributed by atoms with Gasteiger partial charge in [-0.3, -0.25) is 0 Å². The number of ether oxygens (including phenoxy) is 1. The Morgan fingerprint density at radius 2 is 1.95 bits per heavy atom. The first kappa shape index (κ1) is 15.6. The zero-order valence-corrected chi connectivity index (χ0v) is 12.7. The van der Waals surface area contributed by atoms with Gasteiger partial charge in [0.25, 0.3) is 0 Å². The quantitative estimate of drug-likeness (QED) is 0.674. The van der Waals surface area contributed by atoms with Crippen molar-refractivity contribution in [2.45, 2.75) is 69.6 Å². The normalized spacial score (nSPS) is 30.1. The number of aliphatic hydroxyl groups is 1. The average molecular weight is 284 g/mol. The fourth-order valence-electron chi connectivity index (χ4n) is 3.18. The predicted octanol–water partition coefficient (Wildman–Crippen LogP) is 1.79. The number of amides is 2. The molecule has 0 aromatic heterocycles. The minimum Gasteiger partial charge on any atom is -0.394 e. The molecule has 5 heteroatoms. The molecule has 0 unspecified atom stereocenters. The molecule has 0 heterocycles. The highest BCUT2D eigenvalue weighted by molar-refractivity contribution is 5.75. The molecule has 3 N–H and O–H groups in total. The standard InChI is InChI=1S/C15H28N2O3/c1-15(10-18,11-8-9-11)17-14(19)16-12-6-4-3-5-7-13(12)20-2/h11-13,18H,3-10H2,1-2H3,(H2,16,17,19)/t12-,13-,15-/m1/s1. The van der Waals surface area contributed by atoms with Crippen molar-refractivity contribution in [2.75, 3.05) is 13.7 Å². The van der Waals surface area contributed by atoms with Gasteiger partial charge in [0.05, 0.1) is 24.3 Å². The highest BCUT2D eigenvalue weighted by atomic mass is 16.5. The smallest absolute Gasteiger partial charge is 0.315 e. The summed E-state index contributed by atoms with van der Waals surface area (Å²) in [5.41, 5.74) is -0.489. The van der Waals surface area contributed by atoms with Crippen LogP contribution in [0.25, 0.3) is 0 Å². The lowest BCUT2D eigenvalue weighted by molar-refractivity contribution is 0.0647. The van der Waals surface area contributed by atoms with E-state index in [2.05, 4.69) is 10.6 Å². The number of carbonyl (C=O) groups excluding carboxylic acids is 1. The van der Waals surface area contributed by atoms with Gasteiger partial charge in [0.15, 0.2) is 0 Å². The number of aliphatic hydroxyl groups excluding tert-OH is 1. The van der Waals surface area contributed by atoms with Crippen LogP contribution in [0.5, 0.6) is 0 Å². The van der Waals surface area contributed by atoms with E-state index in [-0.39, 0.29) is 24.8 Å². The van der Waals surface area contributed by atoms with E-state index in [1.54, 1.807) is 7.11 Å². The van der Waals surface area contributed by atoms with Gasteiger partial charge in [-0.25, -0.2) is 4.79 Å². The molecule has 20 heavy (non-hydrogen) atoms. The lowest BCUT2D eigenvalue weighted by Crippen LogP contribution is -2.57. The Morgan fingerprint density at radius 3 is 2.55 bits per heavy atom. The Kier molecular flexibility index (Phi) is 5.27. The molecule has 0 saturated heterocycles. The number of nitrogens with one attached hydrogen (secondary N) is 2. The molecule has 2 fully saturated rings. The largest absolute Gasteiger partial charge is 0.394 e. The summed E-state index contributed by atoms with van der Waals surface area (Å²) in [5.74, 6) is 0.408. The molecular weight excluding hydrogens is 256 g/mol. The maximum absolute atomic E-state index is 12.2. The van der Waals surface area contributed by atoms with Gasteiger partial charge in [0.1, 0.15) is 0 Å². The Morgan fingerprint density at radius 1 is 1.25 bits per heavy atom. The van der Waals surface area contributed by atoms with E-state index in [0.717, 1.165) is 38.5 Å². The minimum absolute atomic E-state index is 0.0105. The van der Waals surface area contributed by atoms with Crippen molar-refractivity contribution in [1.29, 1.82) is 0 Å².